The number of rotatable bonds is 7. The first-order chi connectivity index (χ1) is 20.7. The molecule has 0 fully saturated rings. The largest absolute Gasteiger partial charge is 0.490 e. The molecule has 1 heterocycles. The predicted octanol–water partition coefficient (Wildman–Crippen LogP) is 9.52. The van der Waals surface area contributed by atoms with E-state index in [0.717, 1.165) is 55.7 Å². The topological polar surface area (TPSA) is 27.7 Å². The fourth-order valence-corrected chi connectivity index (χ4v) is 5.95. The van der Waals surface area contributed by atoms with Crippen molar-refractivity contribution in [3.63, 3.8) is 0 Å². The van der Waals surface area contributed by atoms with E-state index in [2.05, 4.69) is 103 Å². The summed E-state index contributed by atoms with van der Waals surface area (Å²) in [6, 6.07) is 40.1. The molecule has 0 radical (unpaired) electrons. The molecule has 0 aromatic heterocycles. The van der Waals surface area contributed by atoms with E-state index in [1.165, 1.54) is 16.7 Å². The van der Waals surface area contributed by atoms with Crippen LogP contribution in [0, 0.1) is 12.3 Å². The van der Waals surface area contributed by atoms with Gasteiger partial charge in [-0.3, -0.25) is 0 Å². The lowest BCUT2D eigenvalue weighted by Crippen LogP contribution is -2.13. The molecule has 0 spiro atoms. The molecule has 3 nitrogen and oxygen atoms in total. The Kier molecular flexibility index (Phi) is 6.58. The quantitative estimate of drug-likeness (QED) is 0.148. The van der Waals surface area contributed by atoms with Gasteiger partial charge in [-0.2, -0.15) is 0 Å². The van der Waals surface area contributed by atoms with Gasteiger partial charge in [0.05, 0.1) is 0 Å². The first kappa shape index (κ1) is 25.5. The minimum absolute atomic E-state index is 0.0570. The normalized spacial score (nSPS) is 13.5. The van der Waals surface area contributed by atoms with Crippen LogP contribution in [0.4, 0.5) is 0 Å². The molecule has 7 rings (SSSR count). The summed E-state index contributed by atoms with van der Waals surface area (Å²) < 4.78 is 18.2. The molecule has 0 bridgehead atoms. The van der Waals surface area contributed by atoms with Crippen LogP contribution in [0.15, 0.2) is 128 Å². The van der Waals surface area contributed by atoms with Crippen LogP contribution in [0.3, 0.4) is 0 Å². The molecule has 1 aliphatic rings. The minimum atomic E-state index is -0.0570. The van der Waals surface area contributed by atoms with Crippen molar-refractivity contribution >= 4 is 21.5 Å². The second kappa shape index (κ2) is 10.8. The van der Waals surface area contributed by atoms with Gasteiger partial charge >= 0.3 is 0 Å². The summed E-state index contributed by atoms with van der Waals surface area (Å²) in [4.78, 5) is 0. The Balaban J connectivity index is 1.43. The maximum absolute atomic E-state index is 6.63. The van der Waals surface area contributed by atoms with E-state index < -0.39 is 0 Å². The highest BCUT2D eigenvalue weighted by atomic mass is 16.5. The Morgan fingerprint density at radius 3 is 1.88 bits per heavy atom. The minimum Gasteiger partial charge on any atom is -0.490 e. The average molecular weight is 545 g/mol. The molecule has 42 heavy (non-hydrogen) atoms. The molecule has 1 atom stereocenters. The van der Waals surface area contributed by atoms with E-state index in [9.17, 15) is 0 Å². The van der Waals surface area contributed by atoms with Crippen molar-refractivity contribution in [3.05, 3.63) is 145 Å². The van der Waals surface area contributed by atoms with E-state index in [1.54, 1.807) is 6.08 Å². The standard InChI is InChI=1S/C39H28O3/c1-3-22-40-31-16-18-33-29(24-31)14-20-35-38(33)37(28-12-10-27(11-13-28)26-8-6-5-7-9-26)39-34-19-17-32(41-23-4-2)25-30(34)15-21-36(39)42-35/h1,4-21,24-25,37H,2,22-23H2. The molecule has 3 heteroatoms. The number of ether oxygens (including phenoxy) is 3. The molecule has 6 aromatic carbocycles. The lowest BCUT2D eigenvalue weighted by Gasteiger charge is -2.31. The van der Waals surface area contributed by atoms with Crippen molar-refractivity contribution < 1.29 is 14.2 Å². The molecule has 0 N–H and O–H groups in total. The van der Waals surface area contributed by atoms with Crippen molar-refractivity contribution in [3.8, 4) is 46.5 Å². The zero-order valence-electron chi connectivity index (χ0n) is 23.0. The second-order valence-electron chi connectivity index (χ2n) is 10.3. The van der Waals surface area contributed by atoms with Gasteiger partial charge < -0.3 is 14.2 Å². The van der Waals surface area contributed by atoms with Crippen molar-refractivity contribution in [1.82, 2.24) is 0 Å². The van der Waals surface area contributed by atoms with Gasteiger partial charge in [0.2, 0.25) is 0 Å². The fraction of sp³-hybridized carbons (Fsp3) is 0.0769. The summed E-state index contributed by atoms with van der Waals surface area (Å²) in [5, 5.41) is 4.42. The van der Waals surface area contributed by atoms with Gasteiger partial charge in [0.25, 0.3) is 0 Å². The Morgan fingerprint density at radius 1 is 0.690 bits per heavy atom. The third-order valence-electron chi connectivity index (χ3n) is 7.82. The van der Waals surface area contributed by atoms with Crippen LogP contribution >= 0.6 is 0 Å². The molecule has 0 amide bonds. The molecule has 1 unspecified atom stereocenters. The molecule has 0 saturated heterocycles. The summed E-state index contributed by atoms with van der Waals surface area (Å²) in [5.41, 5.74) is 5.85. The van der Waals surface area contributed by atoms with Crippen LogP contribution in [0.25, 0.3) is 32.7 Å². The van der Waals surface area contributed by atoms with Gasteiger partial charge in [-0.05, 0) is 74.6 Å². The van der Waals surface area contributed by atoms with Gasteiger partial charge in [-0.1, -0.05) is 97.4 Å². The van der Waals surface area contributed by atoms with Crippen LogP contribution in [0.2, 0.25) is 0 Å². The summed E-state index contributed by atoms with van der Waals surface area (Å²) in [5.74, 6) is 5.77. The van der Waals surface area contributed by atoms with E-state index in [4.69, 9.17) is 20.6 Å². The number of hydrogen-bond acceptors (Lipinski definition) is 3. The highest BCUT2D eigenvalue weighted by Gasteiger charge is 2.32. The summed E-state index contributed by atoms with van der Waals surface area (Å²) in [7, 11) is 0. The van der Waals surface area contributed by atoms with Crippen LogP contribution in [-0.4, -0.2) is 13.2 Å². The monoisotopic (exact) mass is 544 g/mol. The van der Waals surface area contributed by atoms with Crippen LogP contribution in [-0.2, 0) is 0 Å². The van der Waals surface area contributed by atoms with Gasteiger partial charge in [-0.25, -0.2) is 0 Å². The Bertz CT molecular complexity index is 1980. The third kappa shape index (κ3) is 4.54. The van der Waals surface area contributed by atoms with Crippen molar-refractivity contribution in [1.29, 1.82) is 0 Å². The van der Waals surface area contributed by atoms with Gasteiger partial charge in [0.15, 0.2) is 0 Å². The van der Waals surface area contributed by atoms with Gasteiger partial charge in [0.1, 0.15) is 36.2 Å². The zero-order chi connectivity index (χ0) is 28.5. The Morgan fingerprint density at radius 2 is 1.29 bits per heavy atom. The lowest BCUT2D eigenvalue weighted by molar-refractivity contribution is 0.364. The molecule has 6 aromatic rings. The first-order valence-corrected chi connectivity index (χ1v) is 14.0. The zero-order valence-corrected chi connectivity index (χ0v) is 23.0. The van der Waals surface area contributed by atoms with Crippen LogP contribution in [0.1, 0.15) is 22.6 Å². The predicted molar refractivity (Wildman–Crippen MR) is 171 cm³/mol. The maximum Gasteiger partial charge on any atom is 0.148 e. The molecular formula is C39H28O3. The second-order valence-corrected chi connectivity index (χ2v) is 10.3. The SMILES string of the molecule is C#CCOc1ccc2c3c(ccc2c1)Oc1ccc2cc(OCC=C)ccc2c1C3c1ccc(-c2ccccc2)cc1. The number of benzene rings is 6. The fourth-order valence-electron chi connectivity index (χ4n) is 5.95. The van der Waals surface area contributed by atoms with Crippen molar-refractivity contribution in [2.75, 3.05) is 13.2 Å². The Hall–Kier alpha value is -5.46. The summed E-state index contributed by atoms with van der Waals surface area (Å²) in [6.07, 6.45) is 7.19. The molecule has 0 saturated carbocycles. The average Bonchev–Trinajstić information content (AvgIpc) is 3.05. The first-order valence-electron chi connectivity index (χ1n) is 14.0. The molecule has 202 valence electrons. The third-order valence-corrected chi connectivity index (χ3v) is 7.82. The highest BCUT2D eigenvalue weighted by molar-refractivity contribution is 5.96. The van der Waals surface area contributed by atoms with E-state index in [-0.39, 0.29) is 12.5 Å². The summed E-state index contributed by atoms with van der Waals surface area (Å²) >= 11 is 0. The van der Waals surface area contributed by atoms with E-state index >= 15 is 0 Å². The highest BCUT2D eigenvalue weighted by Crippen LogP contribution is 2.52. The van der Waals surface area contributed by atoms with E-state index in [1.807, 2.05) is 24.3 Å². The van der Waals surface area contributed by atoms with Gasteiger partial charge in [0, 0.05) is 17.0 Å². The molecule has 1 aliphatic heterocycles. The van der Waals surface area contributed by atoms with Crippen LogP contribution in [0.5, 0.6) is 23.0 Å². The summed E-state index contributed by atoms with van der Waals surface area (Å²) in [6.45, 7) is 4.46. The maximum atomic E-state index is 6.63. The number of fused-ring (bicyclic) bond motifs is 6. The van der Waals surface area contributed by atoms with Crippen molar-refractivity contribution in [2.45, 2.75) is 5.92 Å². The number of terminal acetylenes is 1. The lowest BCUT2D eigenvalue weighted by atomic mass is 9.78. The number of hydrogen-bond donors (Lipinski definition) is 0. The van der Waals surface area contributed by atoms with Gasteiger partial charge in [-0.15, -0.1) is 6.42 Å². The Labute approximate surface area is 245 Å². The van der Waals surface area contributed by atoms with E-state index in [0.29, 0.717) is 6.61 Å². The van der Waals surface area contributed by atoms with Crippen molar-refractivity contribution in [2.24, 2.45) is 0 Å². The molecular weight excluding hydrogens is 516 g/mol. The molecule has 0 aliphatic carbocycles. The smallest absolute Gasteiger partial charge is 0.148 e. The van der Waals surface area contributed by atoms with Crippen LogP contribution < -0.4 is 14.2 Å².